The molecule has 0 saturated heterocycles. The van der Waals surface area contributed by atoms with Gasteiger partial charge in [0.15, 0.2) is 0 Å². The maximum Gasteiger partial charge on any atom is 0.229 e. The van der Waals surface area contributed by atoms with E-state index in [1.165, 1.54) is 0 Å². The summed E-state index contributed by atoms with van der Waals surface area (Å²) in [5, 5.41) is 14.4. The van der Waals surface area contributed by atoms with Crippen LogP contribution in [-0.2, 0) is 0 Å². The topological polar surface area (TPSA) is 76.9 Å². The average molecular weight is 374 g/mol. The van der Waals surface area contributed by atoms with Crippen LogP contribution in [0.5, 0.6) is 5.88 Å². The van der Waals surface area contributed by atoms with Gasteiger partial charge < -0.3 is 10.5 Å². The van der Waals surface area contributed by atoms with Crippen molar-refractivity contribution in [1.29, 1.82) is 5.26 Å². The van der Waals surface area contributed by atoms with Gasteiger partial charge in [-0.3, -0.25) is 0 Å². The van der Waals surface area contributed by atoms with Gasteiger partial charge in [0.1, 0.15) is 11.6 Å². The Morgan fingerprint density at radius 3 is 2.48 bits per heavy atom. The Morgan fingerprint density at radius 2 is 1.85 bits per heavy atom. The number of hydrogen-bond acceptors (Lipinski definition) is 5. The summed E-state index contributed by atoms with van der Waals surface area (Å²) < 4.78 is 7.61. The summed E-state index contributed by atoms with van der Waals surface area (Å²) in [5.41, 5.74) is 10.1. The number of nitrogens with two attached hydrogens (primary N) is 1. The second-order valence-corrected chi connectivity index (χ2v) is 7.13. The summed E-state index contributed by atoms with van der Waals surface area (Å²) in [4.78, 5) is 1.16. The Kier molecular flexibility index (Phi) is 4.38. The number of nitriles is 1. The molecule has 1 aromatic heterocycles. The van der Waals surface area contributed by atoms with Crippen LogP contribution in [0.15, 0.2) is 70.9 Å². The Hall–Kier alpha value is -3.17. The molecule has 6 heteroatoms. The molecule has 0 saturated carbocycles. The molecule has 3 aromatic rings. The number of aromatic nitrogens is 2. The summed E-state index contributed by atoms with van der Waals surface area (Å²) in [6.07, 6.45) is 2.04. The zero-order chi connectivity index (χ0) is 19.0. The fourth-order valence-electron chi connectivity index (χ4n) is 3.39. The first-order valence-corrected chi connectivity index (χ1v) is 9.73. The lowest BCUT2D eigenvalue weighted by Gasteiger charge is -2.25. The highest BCUT2D eigenvalue weighted by atomic mass is 32.2. The molecular weight excluding hydrogens is 356 g/mol. The normalized spacial score (nSPS) is 15.8. The number of para-hydroxylation sites is 1. The molecule has 2 N–H and O–H groups in total. The first kappa shape index (κ1) is 17.3. The lowest BCUT2D eigenvalue weighted by Crippen LogP contribution is -2.22. The number of aryl methyl sites for hydroxylation is 1. The van der Waals surface area contributed by atoms with Gasteiger partial charge in [-0.1, -0.05) is 30.3 Å². The van der Waals surface area contributed by atoms with Crippen LogP contribution in [0.4, 0.5) is 0 Å². The Labute approximate surface area is 162 Å². The number of allylic oxidation sites excluding steroid dienone is 1. The van der Waals surface area contributed by atoms with Gasteiger partial charge in [-0.05, 0) is 43.0 Å². The second kappa shape index (κ2) is 6.86. The molecule has 0 aliphatic carbocycles. The third-order valence-corrected chi connectivity index (χ3v) is 5.43. The molecule has 5 nitrogen and oxygen atoms in total. The number of thioether (sulfide) groups is 1. The van der Waals surface area contributed by atoms with E-state index in [1.54, 1.807) is 16.4 Å². The number of ether oxygens (including phenoxy) is 1. The van der Waals surface area contributed by atoms with Crippen LogP contribution in [0.25, 0.3) is 5.69 Å². The van der Waals surface area contributed by atoms with Crippen molar-refractivity contribution in [3.63, 3.8) is 0 Å². The van der Waals surface area contributed by atoms with E-state index in [2.05, 4.69) is 23.3 Å². The highest BCUT2D eigenvalue weighted by molar-refractivity contribution is 7.98. The van der Waals surface area contributed by atoms with Gasteiger partial charge in [-0.25, -0.2) is 4.68 Å². The standard InChI is InChI=1S/C21H18N4OS/c1-13-18-19(14-8-10-16(27-2)11-9-14)17(12-22)20(23)26-21(18)25(24-13)15-6-4-3-5-7-15/h3-11,19H,23H2,1-2H3. The molecule has 4 rings (SSSR count). The highest BCUT2D eigenvalue weighted by Crippen LogP contribution is 2.44. The van der Waals surface area contributed by atoms with E-state index in [0.717, 1.165) is 27.4 Å². The minimum absolute atomic E-state index is 0.126. The van der Waals surface area contributed by atoms with E-state index in [0.29, 0.717) is 11.5 Å². The van der Waals surface area contributed by atoms with E-state index in [9.17, 15) is 5.26 Å². The molecule has 0 radical (unpaired) electrons. The van der Waals surface area contributed by atoms with Crippen LogP contribution >= 0.6 is 11.8 Å². The predicted molar refractivity (Wildman–Crippen MR) is 106 cm³/mol. The Bertz CT molecular complexity index is 1060. The second-order valence-electron chi connectivity index (χ2n) is 6.25. The van der Waals surface area contributed by atoms with Gasteiger partial charge in [0, 0.05) is 4.90 Å². The summed E-state index contributed by atoms with van der Waals surface area (Å²) in [7, 11) is 0. The summed E-state index contributed by atoms with van der Waals surface area (Å²) in [5.74, 6) is 0.391. The van der Waals surface area contributed by atoms with Crippen molar-refractivity contribution in [1.82, 2.24) is 9.78 Å². The number of benzene rings is 2. The van der Waals surface area contributed by atoms with Crippen LogP contribution in [0.1, 0.15) is 22.7 Å². The molecule has 1 unspecified atom stereocenters. The molecule has 2 aromatic carbocycles. The van der Waals surface area contributed by atoms with Crippen LogP contribution in [0.2, 0.25) is 0 Å². The van der Waals surface area contributed by atoms with Crippen LogP contribution in [0.3, 0.4) is 0 Å². The number of nitrogens with zero attached hydrogens (tertiary/aromatic N) is 3. The monoisotopic (exact) mass is 374 g/mol. The molecule has 0 bridgehead atoms. The minimum Gasteiger partial charge on any atom is -0.422 e. The summed E-state index contributed by atoms with van der Waals surface area (Å²) in [6, 6.07) is 20.2. The fraction of sp³-hybridized carbons (Fsp3) is 0.143. The van der Waals surface area contributed by atoms with Gasteiger partial charge in [-0.15, -0.1) is 11.8 Å². The Morgan fingerprint density at radius 1 is 1.15 bits per heavy atom. The molecule has 2 heterocycles. The first-order chi connectivity index (χ1) is 13.1. The summed E-state index contributed by atoms with van der Waals surface area (Å²) in [6.45, 7) is 1.93. The largest absolute Gasteiger partial charge is 0.422 e. The van der Waals surface area contributed by atoms with Crippen molar-refractivity contribution in [2.24, 2.45) is 5.73 Å². The van der Waals surface area contributed by atoms with Gasteiger partial charge in [0.2, 0.25) is 11.8 Å². The van der Waals surface area contributed by atoms with Crippen molar-refractivity contribution < 1.29 is 4.74 Å². The van der Waals surface area contributed by atoms with Gasteiger partial charge in [0.05, 0.1) is 22.9 Å². The van der Waals surface area contributed by atoms with Crippen molar-refractivity contribution in [3.05, 3.63) is 82.9 Å². The van der Waals surface area contributed by atoms with E-state index >= 15 is 0 Å². The smallest absolute Gasteiger partial charge is 0.229 e. The third kappa shape index (κ3) is 2.86. The van der Waals surface area contributed by atoms with E-state index in [4.69, 9.17) is 10.5 Å². The third-order valence-electron chi connectivity index (χ3n) is 4.68. The van der Waals surface area contributed by atoms with E-state index in [1.807, 2.05) is 55.6 Å². The molecular formula is C21H18N4OS. The number of fused-ring (bicyclic) bond motifs is 1. The molecule has 0 fully saturated rings. The number of rotatable bonds is 3. The van der Waals surface area contributed by atoms with E-state index < -0.39 is 0 Å². The lowest BCUT2D eigenvalue weighted by atomic mass is 9.84. The molecule has 0 amide bonds. The lowest BCUT2D eigenvalue weighted by molar-refractivity contribution is 0.367. The molecule has 0 spiro atoms. The zero-order valence-corrected chi connectivity index (χ0v) is 15.8. The van der Waals surface area contributed by atoms with Crippen molar-refractivity contribution in [2.75, 3.05) is 6.26 Å². The maximum absolute atomic E-state index is 9.74. The minimum atomic E-state index is -0.299. The molecule has 1 aliphatic heterocycles. The van der Waals surface area contributed by atoms with Crippen LogP contribution in [0, 0.1) is 18.3 Å². The highest BCUT2D eigenvalue weighted by Gasteiger charge is 2.36. The molecule has 1 atom stereocenters. The zero-order valence-electron chi connectivity index (χ0n) is 15.0. The number of hydrogen-bond donors (Lipinski definition) is 1. The van der Waals surface area contributed by atoms with E-state index in [-0.39, 0.29) is 11.8 Å². The van der Waals surface area contributed by atoms with Crippen molar-refractivity contribution in [3.8, 4) is 17.6 Å². The van der Waals surface area contributed by atoms with Crippen molar-refractivity contribution >= 4 is 11.8 Å². The van der Waals surface area contributed by atoms with Gasteiger partial charge in [0.25, 0.3) is 0 Å². The molecule has 27 heavy (non-hydrogen) atoms. The van der Waals surface area contributed by atoms with Gasteiger partial charge in [-0.2, -0.15) is 10.4 Å². The van der Waals surface area contributed by atoms with Crippen LogP contribution in [-0.4, -0.2) is 16.0 Å². The molecule has 1 aliphatic rings. The predicted octanol–water partition coefficient (Wildman–Crippen LogP) is 4.12. The summed E-state index contributed by atoms with van der Waals surface area (Å²) >= 11 is 1.68. The fourth-order valence-corrected chi connectivity index (χ4v) is 3.80. The first-order valence-electron chi connectivity index (χ1n) is 8.50. The van der Waals surface area contributed by atoms with Gasteiger partial charge >= 0.3 is 0 Å². The average Bonchev–Trinajstić information content (AvgIpc) is 3.03. The van der Waals surface area contributed by atoms with Crippen LogP contribution < -0.4 is 10.5 Å². The SMILES string of the molecule is CSc1ccc(C2C(C#N)=C(N)Oc3c2c(C)nn3-c2ccccc2)cc1. The van der Waals surface area contributed by atoms with Crippen molar-refractivity contribution in [2.45, 2.75) is 17.7 Å². The maximum atomic E-state index is 9.74. The molecule has 134 valence electrons. The quantitative estimate of drug-likeness (QED) is 0.698. The Balaban J connectivity index is 1.92.